The number of fused-ring (bicyclic) bond motifs is 1. The summed E-state index contributed by atoms with van der Waals surface area (Å²) in [6, 6.07) is 0.649. The number of aromatic amines is 1. The fraction of sp³-hybridized carbons (Fsp3) is 0.667. The molecule has 70 valence electrons. The maximum Gasteiger partial charge on any atom is 0.0645 e. The summed E-state index contributed by atoms with van der Waals surface area (Å²) in [6.07, 6.45) is 3.08. The van der Waals surface area contributed by atoms with E-state index in [9.17, 15) is 0 Å². The van der Waals surface area contributed by atoms with Crippen molar-refractivity contribution in [3.8, 4) is 0 Å². The van der Waals surface area contributed by atoms with Crippen LogP contribution in [0.3, 0.4) is 0 Å². The van der Waals surface area contributed by atoms with Gasteiger partial charge in [0.25, 0.3) is 0 Å². The van der Waals surface area contributed by atoms with Crippen LogP contribution in [0.15, 0.2) is 6.20 Å². The van der Waals surface area contributed by atoms with E-state index < -0.39 is 0 Å². The zero-order valence-electron chi connectivity index (χ0n) is 7.49. The van der Waals surface area contributed by atoms with Crippen molar-refractivity contribution < 1.29 is 4.74 Å². The Morgan fingerprint density at radius 2 is 2.46 bits per heavy atom. The first-order valence-electron chi connectivity index (χ1n) is 4.76. The molecule has 0 aliphatic carbocycles. The van der Waals surface area contributed by atoms with Gasteiger partial charge in [0.05, 0.1) is 31.1 Å². The molecule has 4 heteroatoms. The number of hydrogen-bond acceptors (Lipinski definition) is 3. The summed E-state index contributed by atoms with van der Waals surface area (Å²) < 4.78 is 5.19. The summed E-state index contributed by atoms with van der Waals surface area (Å²) in [4.78, 5) is 2.48. The average molecular weight is 179 g/mol. The van der Waals surface area contributed by atoms with E-state index in [-0.39, 0.29) is 0 Å². The third-order valence-electron chi connectivity index (χ3n) is 2.97. The van der Waals surface area contributed by atoms with Gasteiger partial charge in [-0.15, -0.1) is 0 Å². The van der Waals surface area contributed by atoms with Crippen LogP contribution in [-0.4, -0.2) is 40.9 Å². The molecule has 0 radical (unpaired) electrons. The van der Waals surface area contributed by atoms with Crippen molar-refractivity contribution in [1.29, 1.82) is 0 Å². The van der Waals surface area contributed by atoms with Gasteiger partial charge in [-0.05, 0) is 12.0 Å². The van der Waals surface area contributed by atoms with Gasteiger partial charge in [0.1, 0.15) is 0 Å². The molecule has 1 fully saturated rings. The van der Waals surface area contributed by atoms with Crippen LogP contribution in [0.5, 0.6) is 0 Å². The third kappa shape index (κ3) is 1.17. The van der Waals surface area contributed by atoms with Crippen molar-refractivity contribution >= 4 is 0 Å². The lowest BCUT2D eigenvalue weighted by Gasteiger charge is -2.38. The lowest BCUT2D eigenvalue weighted by molar-refractivity contribution is -0.0698. The van der Waals surface area contributed by atoms with E-state index in [1.807, 2.05) is 6.20 Å². The number of nitrogens with zero attached hydrogens (tertiary/aromatic N) is 2. The van der Waals surface area contributed by atoms with E-state index in [1.165, 1.54) is 11.3 Å². The molecule has 3 heterocycles. The second kappa shape index (κ2) is 2.82. The second-order valence-corrected chi connectivity index (χ2v) is 3.79. The number of ether oxygens (including phenoxy) is 1. The number of nitrogens with one attached hydrogen (secondary N) is 1. The molecule has 0 bridgehead atoms. The van der Waals surface area contributed by atoms with Gasteiger partial charge in [-0.2, -0.15) is 5.10 Å². The fourth-order valence-electron chi connectivity index (χ4n) is 1.98. The molecule has 2 aliphatic heterocycles. The summed E-state index contributed by atoms with van der Waals surface area (Å²) in [5, 5.41) is 7.12. The van der Waals surface area contributed by atoms with Crippen molar-refractivity contribution in [3.05, 3.63) is 17.5 Å². The fourth-order valence-corrected chi connectivity index (χ4v) is 1.98. The third-order valence-corrected chi connectivity index (χ3v) is 2.97. The molecule has 0 amide bonds. The van der Waals surface area contributed by atoms with Gasteiger partial charge in [0, 0.05) is 13.1 Å². The molecule has 0 aromatic carbocycles. The monoisotopic (exact) mass is 179 g/mol. The van der Waals surface area contributed by atoms with Crippen LogP contribution in [0.25, 0.3) is 0 Å². The van der Waals surface area contributed by atoms with Crippen LogP contribution < -0.4 is 0 Å². The Bertz CT molecular complexity index is 306. The molecule has 0 saturated carbocycles. The molecule has 0 spiro atoms. The van der Waals surface area contributed by atoms with E-state index >= 15 is 0 Å². The maximum atomic E-state index is 5.19. The van der Waals surface area contributed by atoms with Gasteiger partial charge >= 0.3 is 0 Å². The summed E-state index contributed by atoms with van der Waals surface area (Å²) in [7, 11) is 0. The number of rotatable bonds is 1. The topological polar surface area (TPSA) is 41.2 Å². The van der Waals surface area contributed by atoms with Crippen molar-refractivity contribution in [2.75, 3.05) is 19.8 Å². The van der Waals surface area contributed by atoms with E-state index in [4.69, 9.17) is 4.74 Å². The van der Waals surface area contributed by atoms with E-state index in [2.05, 4.69) is 15.1 Å². The Hall–Kier alpha value is -0.870. The quantitative estimate of drug-likeness (QED) is 0.668. The maximum absolute atomic E-state index is 5.19. The van der Waals surface area contributed by atoms with Crippen LogP contribution in [0, 0.1) is 0 Å². The van der Waals surface area contributed by atoms with Crippen molar-refractivity contribution in [3.63, 3.8) is 0 Å². The first-order valence-corrected chi connectivity index (χ1v) is 4.76. The number of H-pyrrole nitrogens is 1. The number of aromatic nitrogens is 2. The Balaban J connectivity index is 1.76. The molecule has 0 unspecified atom stereocenters. The highest BCUT2D eigenvalue weighted by Gasteiger charge is 2.29. The highest BCUT2D eigenvalue weighted by Crippen LogP contribution is 2.20. The highest BCUT2D eigenvalue weighted by molar-refractivity contribution is 5.19. The normalized spacial score (nSPS) is 24.0. The Labute approximate surface area is 76.9 Å². The Morgan fingerprint density at radius 3 is 3.23 bits per heavy atom. The Morgan fingerprint density at radius 1 is 1.54 bits per heavy atom. The van der Waals surface area contributed by atoms with Crippen LogP contribution in [0.1, 0.15) is 11.3 Å². The zero-order chi connectivity index (χ0) is 8.67. The molecule has 3 rings (SSSR count). The van der Waals surface area contributed by atoms with Crippen molar-refractivity contribution in [1.82, 2.24) is 15.1 Å². The van der Waals surface area contributed by atoms with Gasteiger partial charge in [0.15, 0.2) is 0 Å². The lowest BCUT2D eigenvalue weighted by Crippen LogP contribution is -2.50. The van der Waals surface area contributed by atoms with Gasteiger partial charge < -0.3 is 4.74 Å². The molecule has 13 heavy (non-hydrogen) atoms. The smallest absolute Gasteiger partial charge is 0.0645 e. The summed E-state index contributed by atoms with van der Waals surface area (Å²) in [5.74, 6) is 0. The molecule has 1 aromatic rings. The van der Waals surface area contributed by atoms with Crippen molar-refractivity contribution in [2.45, 2.75) is 19.0 Å². The van der Waals surface area contributed by atoms with Gasteiger partial charge in [-0.1, -0.05) is 0 Å². The van der Waals surface area contributed by atoms with E-state index in [0.717, 1.165) is 32.7 Å². The molecular formula is C9H13N3O. The minimum atomic E-state index is 0.649. The molecule has 0 atom stereocenters. The van der Waals surface area contributed by atoms with Gasteiger partial charge in [-0.3, -0.25) is 10.00 Å². The van der Waals surface area contributed by atoms with E-state index in [0.29, 0.717) is 6.04 Å². The lowest BCUT2D eigenvalue weighted by atomic mass is 10.1. The SMILES string of the molecule is c1n[nH]c2c1CCN(C1COC1)C2. The molecular weight excluding hydrogens is 166 g/mol. The van der Waals surface area contributed by atoms with Gasteiger partial charge in [-0.25, -0.2) is 0 Å². The minimum Gasteiger partial charge on any atom is -0.378 e. The summed E-state index contributed by atoms with van der Waals surface area (Å²) >= 11 is 0. The molecule has 4 nitrogen and oxygen atoms in total. The summed E-state index contributed by atoms with van der Waals surface area (Å²) in [5.41, 5.74) is 2.68. The van der Waals surface area contributed by atoms with Crippen LogP contribution >= 0.6 is 0 Å². The highest BCUT2D eigenvalue weighted by atomic mass is 16.5. The molecule has 1 N–H and O–H groups in total. The van der Waals surface area contributed by atoms with Gasteiger partial charge in [0.2, 0.25) is 0 Å². The summed E-state index contributed by atoms with van der Waals surface area (Å²) in [6.45, 7) is 3.98. The molecule has 2 aliphatic rings. The minimum absolute atomic E-state index is 0.649. The predicted molar refractivity (Wildman–Crippen MR) is 47.3 cm³/mol. The first-order chi connectivity index (χ1) is 6.43. The van der Waals surface area contributed by atoms with Crippen LogP contribution in [0.4, 0.5) is 0 Å². The van der Waals surface area contributed by atoms with E-state index in [1.54, 1.807) is 0 Å². The average Bonchev–Trinajstić information content (AvgIpc) is 2.47. The zero-order valence-corrected chi connectivity index (χ0v) is 7.49. The largest absolute Gasteiger partial charge is 0.378 e. The number of hydrogen-bond donors (Lipinski definition) is 1. The second-order valence-electron chi connectivity index (χ2n) is 3.79. The van der Waals surface area contributed by atoms with Crippen LogP contribution in [-0.2, 0) is 17.7 Å². The first kappa shape index (κ1) is 7.53. The predicted octanol–water partition coefficient (Wildman–Crippen LogP) is 0.167. The standard InChI is InChI=1S/C9H13N3O/c1-2-12(8-5-13-6-8)4-9-7(1)3-10-11-9/h3,8H,1-2,4-6H2,(H,10,11). The van der Waals surface area contributed by atoms with Crippen LogP contribution in [0.2, 0.25) is 0 Å². The molecule has 1 saturated heterocycles. The Kier molecular flexibility index (Phi) is 1.63. The molecule has 1 aromatic heterocycles. The van der Waals surface area contributed by atoms with Crippen molar-refractivity contribution in [2.24, 2.45) is 0 Å².